The van der Waals surface area contributed by atoms with Crippen LogP contribution in [0.15, 0.2) is 65.3 Å². The average Bonchev–Trinajstić information content (AvgIpc) is 2.98. The largest absolute Gasteiger partial charge is 0.494 e. The Morgan fingerprint density at radius 2 is 1.83 bits per heavy atom. The zero-order valence-corrected chi connectivity index (χ0v) is 13.6. The van der Waals surface area contributed by atoms with Crippen molar-refractivity contribution in [2.75, 3.05) is 6.61 Å². The fourth-order valence-corrected chi connectivity index (χ4v) is 2.27. The number of nitrogens with zero attached hydrogens (tertiary/aromatic N) is 1. The number of esters is 1. The Labute approximate surface area is 141 Å². The van der Waals surface area contributed by atoms with Gasteiger partial charge in [0, 0.05) is 5.56 Å². The van der Waals surface area contributed by atoms with Crippen molar-refractivity contribution in [1.29, 1.82) is 0 Å². The molecule has 24 heavy (non-hydrogen) atoms. The van der Waals surface area contributed by atoms with Gasteiger partial charge in [-0.3, -0.25) is 0 Å². The van der Waals surface area contributed by atoms with Crippen molar-refractivity contribution in [3.8, 4) is 5.75 Å². The Kier molecular flexibility index (Phi) is 5.06. The molecule has 1 heterocycles. The lowest BCUT2D eigenvalue weighted by atomic mass is 10.2. The molecule has 0 radical (unpaired) electrons. The summed E-state index contributed by atoms with van der Waals surface area (Å²) >= 11 is 0. The molecule has 122 valence electrons. The van der Waals surface area contributed by atoms with Gasteiger partial charge in [-0.2, -0.15) is 0 Å². The number of cyclic esters (lactones) is 1. The molecule has 0 aliphatic carbocycles. The molecule has 1 aliphatic heterocycles. The van der Waals surface area contributed by atoms with Gasteiger partial charge in [-0.1, -0.05) is 43.7 Å². The predicted octanol–water partition coefficient (Wildman–Crippen LogP) is 4.21. The van der Waals surface area contributed by atoms with Crippen molar-refractivity contribution in [2.45, 2.75) is 19.8 Å². The molecule has 0 saturated heterocycles. The third-order valence-corrected chi connectivity index (χ3v) is 3.59. The maximum Gasteiger partial charge on any atom is 0.363 e. The van der Waals surface area contributed by atoms with Crippen LogP contribution in [0.3, 0.4) is 0 Å². The van der Waals surface area contributed by atoms with Crippen molar-refractivity contribution >= 4 is 17.9 Å². The van der Waals surface area contributed by atoms with E-state index in [0.29, 0.717) is 18.2 Å². The summed E-state index contributed by atoms with van der Waals surface area (Å²) in [5.74, 6) is 0.733. The van der Waals surface area contributed by atoms with Crippen LogP contribution in [0.4, 0.5) is 0 Å². The van der Waals surface area contributed by atoms with Gasteiger partial charge in [0.1, 0.15) is 5.75 Å². The van der Waals surface area contributed by atoms with Gasteiger partial charge in [0.05, 0.1) is 6.61 Å². The standard InChI is InChI=1S/C20H19NO3/c1-2-3-13-23-17-11-9-15(10-12-17)14-18-20(22)24-19(21-18)16-7-5-4-6-8-16/h4-12,14H,2-3,13H2,1H3. The molecule has 0 atom stereocenters. The summed E-state index contributed by atoms with van der Waals surface area (Å²) in [5, 5.41) is 0. The molecule has 0 unspecified atom stereocenters. The summed E-state index contributed by atoms with van der Waals surface area (Å²) in [4.78, 5) is 16.3. The number of hydrogen-bond acceptors (Lipinski definition) is 4. The minimum absolute atomic E-state index is 0.300. The molecule has 0 saturated carbocycles. The minimum Gasteiger partial charge on any atom is -0.494 e. The van der Waals surface area contributed by atoms with Crippen molar-refractivity contribution in [2.24, 2.45) is 4.99 Å². The van der Waals surface area contributed by atoms with Crippen LogP contribution < -0.4 is 4.74 Å². The number of ether oxygens (including phenoxy) is 2. The van der Waals surface area contributed by atoms with Crippen molar-refractivity contribution < 1.29 is 14.3 Å². The van der Waals surface area contributed by atoms with Crippen LogP contribution in [0.1, 0.15) is 30.9 Å². The van der Waals surface area contributed by atoms with Gasteiger partial charge < -0.3 is 9.47 Å². The molecule has 4 heteroatoms. The first kappa shape index (κ1) is 16.0. The molecule has 0 spiro atoms. The van der Waals surface area contributed by atoms with E-state index in [0.717, 1.165) is 29.7 Å². The lowest BCUT2D eigenvalue weighted by molar-refractivity contribution is -0.129. The molecule has 0 fully saturated rings. The summed E-state index contributed by atoms with van der Waals surface area (Å²) in [5.41, 5.74) is 1.96. The highest BCUT2D eigenvalue weighted by atomic mass is 16.6. The molecule has 2 aromatic rings. The predicted molar refractivity (Wildman–Crippen MR) is 93.9 cm³/mol. The summed E-state index contributed by atoms with van der Waals surface area (Å²) < 4.78 is 10.9. The molecule has 2 aromatic carbocycles. The fraction of sp³-hybridized carbons (Fsp3) is 0.200. The molecule has 0 bridgehead atoms. The SMILES string of the molecule is CCCCOc1ccc(C=C2N=C(c3ccccc3)OC2=O)cc1. The topological polar surface area (TPSA) is 47.9 Å². The van der Waals surface area contributed by atoms with Crippen LogP contribution in [0.5, 0.6) is 5.75 Å². The zero-order valence-electron chi connectivity index (χ0n) is 13.6. The van der Waals surface area contributed by atoms with Gasteiger partial charge in [-0.25, -0.2) is 9.79 Å². The quantitative estimate of drug-likeness (QED) is 0.455. The van der Waals surface area contributed by atoms with Crippen LogP contribution in [-0.4, -0.2) is 18.5 Å². The Hall–Kier alpha value is -2.88. The number of hydrogen-bond donors (Lipinski definition) is 0. The smallest absolute Gasteiger partial charge is 0.363 e. The summed E-state index contributed by atoms with van der Waals surface area (Å²) in [7, 11) is 0. The van der Waals surface area contributed by atoms with Gasteiger partial charge in [-0.05, 0) is 42.3 Å². The number of carbonyl (C=O) groups is 1. The maximum atomic E-state index is 12.0. The monoisotopic (exact) mass is 321 g/mol. The highest BCUT2D eigenvalue weighted by Crippen LogP contribution is 2.20. The Morgan fingerprint density at radius 3 is 2.54 bits per heavy atom. The molecule has 0 aromatic heterocycles. The Bertz CT molecular complexity index is 761. The van der Waals surface area contributed by atoms with Gasteiger partial charge >= 0.3 is 5.97 Å². The van der Waals surface area contributed by atoms with E-state index in [1.54, 1.807) is 6.08 Å². The van der Waals surface area contributed by atoms with E-state index < -0.39 is 5.97 Å². The normalized spacial score (nSPS) is 15.3. The lowest BCUT2D eigenvalue weighted by Gasteiger charge is -2.05. The fourth-order valence-electron chi connectivity index (χ4n) is 2.27. The van der Waals surface area contributed by atoms with Crippen LogP contribution in [0, 0.1) is 0 Å². The first-order valence-corrected chi connectivity index (χ1v) is 8.07. The molecule has 1 aliphatic rings. The third-order valence-electron chi connectivity index (χ3n) is 3.59. The molecule has 3 rings (SSSR count). The summed E-state index contributed by atoms with van der Waals surface area (Å²) in [6.07, 6.45) is 3.86. The minimum atomic E-state index is -0.433. The van der Waals surface area contributed by atoms with Crippen molar-refractivity contribution in [1.82, 2.24) is 0 Å². The van der Waals surface area contributed by atoms with Crippen LogP contribution in [0.25, 0.3) is 6.08 Å². The number of unbranched alkanes of at least 4 members (excludes halogenated alkanes) is 1. The first-order valence-electron chi connectivity index (χ1n) is 8.07. The van der Waals surface area contributed by atoms with Crippen molar-refractivity contribution in [3.05, 3.63) is 71.4 Å². The van der Waals surface area contributed by atoms with Gasteiger partial charge in [0.2, 0.25) is 5.90 Å². The lowest BCUT2D eigenvalue weighted by Crippen LogP contribution is -2.04. The highest BCUT2D eigenvalue weighted by Gasteiger charge is 2.23. The van der Waals surface area contributed by atoms with E-state index in [-0.39, 0.29) is 0 Å². The second kappa shape index (κ2) is 7.59. The third kappa shape index (κ3) is 3.90. The maximum absolute atomic E-state index is 12.0. The van der Waals surface area contributed by atoms with E-state index >= 15 is 0 Å². The number of aliphatic imine (C=N–C) groups is 1. The molecule has 0 N–H and O–H groups in total. The summed E-state index contributed by atoms with van der Waals surface area (Å²) in [6.45, 7) is 2.84. The second-order valence-electron chi connectivity index (χ2n) is 5.47. The molecular weight excluding hydrogens is 302 g/mol. The number of rotatable bonds is 6. The average molecular weight is 321 g/mol. The Balaban J connectivity index is 1.73. The van der Waals surface area contributed by atoms with Crippen LogP contribution >= 0.6 is 0 Å². The molecular formula is C20H19NO3. The van der Waals surface area contributed by atoms with Gasteiger partial charge in [-0.15, -0.1) is 0 Å². The first-order chi connectivity index (χ1) is 11.8. The van der Waals surface area contributed by atoms with E-state index in [1.165, 1.54) is 0 Å². The van der Waals surface area contributed by atoms with Gasteiger partial charge in [0.15, 0.2) is 5.70 Å². The van der Waals surface area contributed by atoms with Crippen LogP contribution in [-0.2, 0) is 9.53 Å². The van der Waals surface area contributed by atoms with E-state index in [1.807, 2.05) is 54.6 Å². The Morgan fingerprint density at radius 1 is 1.08 bits per heavy atom. The van der Waals surface area contributed by atoms with E-state index in [2.05, 4.69) is 11.9 Å². The zero-order chi connectivity index (χ0) is 16.8. The van der Waals surface area contributed by atoms with Crippen molar-refractivity contribution in [3.63, 3.8) is 0 Å². The number of benzene rings is 2. The molecule has 4 nitrogen and oxygen atoms in total. The highest BCUT2D eigenvalue weighted by molar-refractivity contribution is 6.12. The van der Waals surface area contributed by atoms with Gasteiger partial charge in [0.25, 0.3) is 0 Å². The number of carbonyl (C=O) groups excluding carboxylic acids is 1. The van der Waals surface area contributed by atoms with E-state index in [9.17, 15) is 4.79 Å². The second-order valence-corrected chi connectivity index (χ2v) is 5.47. The summed E-state index contributed by atoms with van der Waals surface area (Å²) in [6, 6.07) is 17.0. The molecule has 0 amide bonds. The van der Waals surface area contributed by atoms with E-state index in [4.69, 9.17) is 9.47 Å². The van der Waals surface area contributed by atoms with Crippen LogP contribution in [0.2, 0.25) is 0 Å².